The van der Waals surface area contributed by atoms with E-state index >= 15 is 0 Å². The molecule has 1 aliphatic rings. The first-order valence-corrected chi connectivity index (χ1v) is 13.4. The van der Waals surface area contributed by atoms with Crippen LogP contribution < -0.4 is 15.4 Å². The van der Waals surface area contributed by atoms with Gasteiger partial charge in [-0.2, -0.15) is 13.2 Å². The monoisotopic (exact) mass is 548 g/mol. The molecule has 2 N–H and O–H groups in total. The quantitative estimate of drug-likeness (QED) is 0.246. The van der Waals surface area contributed by atoms with Gasteiger partial charge < -0.3 is 15.4 Å². The molecule has 0 aliphatic heterocycles. The molecule has 1 amide bonds. The summed E-state index contributed by atoms with van der Waals surface area (Å²) in [5.74, 6) is 0.320. The number of hydrogen-bond donors (Lipinski definition) is 2. The first kappa shape index (κ1) is 27.4. The number of benzene rings is 3. The number of aryl methyl sites for hydroxylation is 1. The lowest BCUT2D eigenvalue weighted by molar-refractivity contribution is -0.137. The van der Waals surface area contributed by atoms with E-state index in [2.05, 4.69) is 20.6 Å². The van der Waals surface area contributed by atoms with Crippen LogP contribution in [0.15, 0.2) is 60.8 Å². The molecule has 0 bridgehead atoms. The number of fused-ring (bicyclic) bond motifs is 1. The van der Waals surface area contributed by atoms with Crippen LogP contribution in [0.3, 0.4) is 0 Å². The smallest absolute Gasteiger partial charge is 0.416 e. The molecule has 0 radical (unpaired) electrons. The van der Waals surface area contributed by atoms with E-state index in [9.17, 15) is 18.0 Å². The highest BCUT2D eigenvalue weighted by atomic mass is 19.4. The minimum Gasteiger partial charge on any atom is -0.490 e. The molecule has 0 spiro atoms. The molecule has 208 valence electrons. The topological polar surface area (TPSA) is 76.1 Å². The first-order valence-electron chi connectivity index (χ1n) is 13.4. The van der Waals surface area contributed by atoms with Crippen molar-refractivity contribution in [1.29, 1.82) is 0 Å². The molecule has 5 rings (SSSR count). The number of hydrogen-bond acceptors (Lipinski definition) is 5. The van der Waals surface area contributed by atoms with E-state index in [0.717, 1.165) is 65.4 Å². The maximum absolute atomic E-state index is 13.6. The van der Waals surface area contributed by atoms with Crippen LogP contribution in [-0.4, -0.2) is 29.0 Å². The molecule has 0 unspecified atom stereocenters. The average Bonchev–Trinajstić information content (AvgIpc) is 3.48. The molecule has 1 aliphatic carbocycles. The van der Waals surface area contributed by atoms with E-state index in [1.807, 2.05) is 44.2 Å². The average molecular weight is 549 g/mol. The van der Waals surface area contributed by atoms with Gasteiger partial charge in [-0.3, -0.25) is 4.79 Å². The molecule has 3 aromatic carbocycles. The van der Waals surface area contributed by atoms with Crippen molar-refractivity contribution >= 4 is 28.4 Å². The summed E-state index contributed by atoms with van der Waals surface area (Å²) in [5.41, 5.74) is 2.93. The Kier molecular flexibility index (Phi) is 7.65. The normalized spacial score (nSPS) is 14.8. The Bertz CT molecular complexity index is 1550. The number of rotatable bonds is 7. The fraction of sp³-hybridized carbons (Fsp3) is 0.323. The number of anilines is 2. The molecular weight excluding hydrogens is 517 g/mol. The summed E-state index contributed by atoms with van der Waals surface area (Å²) in [6.45, 7) is 3.87. The minimum absolute atomic E-state index is 0.146. The van der Waals surface area contributed by atoms with Crippen LogP contribution in [0.2, 0.25) is 0 Å². The van der Waals surface area contributed by atoms with Gasteiger partial charge in [-0.25, -0.2) is 9.97 Å². The van der Waals surface area contributed by atoms with Crippen LogP contribution in [0, 0.1) is 12.8 Å². The fourth-order valence-corrected chi connectivity index (χ4v) is 5.24. The van der Waals surface area contributed by atoms with Gasteiger partial charge >= 0.3 is 6.18 Å². The second-order valence-electron chi connectivity index (χ2n) is 10.3. The third-order valence-corrected chi connectivity index (χ3v) is 7.54. The fourth-order valence-electron chi connectivity index (χ4n) is 5.24. The Morgan fingerprint density at radius 3 is 2.55 bits per heavy atom. The number of carbonyl (C=O) groups excluding carboxylic acids is 1. The zero-order chi connectivity index (χ0) is 28.4. The van der Waals surface area contributed by atoms with Crippen LogP contribution in [0.25, 0.3) is 22.0 Å². The summed E-state index contributed by atoms with van der Waals surface area (Å²) in [6.07, 6.45) is 1.17. The molecule has 1 fully saturated rings. The van der Waals surface area contributed by atoms with Gasteiger partial charge in [0, 0.05) is 24.3 Å². The number of nitrogens with one attached hydrogen (secondary N) is 2. The van der Waals surface area contributed by atoms with Crippen molar-refractivity contribution in [3.05, 3.63) is 77.5 Å². The standard InChI is InChI=1S/C31H31F3N4O2/c1-18-8-11-24(16-25(18)21-9-12-27-22(14-21)17-36-30(35-3)38-27)37-29(39)26-15-23(31(32,33)34)10-13-28(26)40-19(2)20-6-4-5-7-20/h8-17,19-20H,4-7H2,1-3H3,(H,37,39)(H,35,36,38)/t19-/m1/s1. The van der Waals surface area contributed by atoms with E-state index in [1.165, 1.54) is 6.07 Å². The van der Waals surface area contributed by atoms with Crippen molar-refractivity contribution < 1.29 is 22.7 Å². The molecular formula is C31H31F3N4O2. The van der Waals surface area contributed by atoms with Gasteiger partial charge in [-0.1, -0.05) is 25.0 Å². The highest BCUT2D eigenvalue weighted by Crippen LogP contribution is 2.36. The highest BCUT2D eigenvalue weighted by Gasteiger charge is 2.33. The molecule has 1 saturated carbocycles. The first-order chi connectivity index (χ1) is 19.1. The van der Waals surface area contributed by atoms with Crippen LogP contribution in [0.1, 0.15) is 54.1 Å². The van der Waals surface area contributed by atoms with Crippen molar-refractivity contribution in [2.45, 2.75) is 51.8 Å². The van der Waals surface area contributed by atoms with Crippen molar-refractivity contribution in [1.82, 2.24) is 9.97 Å². The van der Waals surface area contributed by atoms with Gasteiger partial charge in [-0.05, 0) is 91.8 Å². The van der Waals surface area contributed by atoms with Crippen molar-refractivity contribution in [2.75, 3.05) is 17.7 Å². The minimum atomic E-state index is -4.59. The Morgan fingerprint density at radius 1 is 1.05 bits per heavy atom. The summed E-state index contributed by atoms with van der Waals surface area (Å²) in [6, 6.07) is 14.3. The summed E-state index contributed by atoms with van der Waals surface area (Å²) in [4.78, 5) is 22.1. The van der Waals surface area contributed by atoms with E-state index in [0.29, 0.717) is 17.6 Å². The molecule has 9 heteroatoms. The number of amides is 1. The van der Waals surface area contributed by atoms with Gasteiger partial charge in [0.1, 0.15) is 5.75 Å². The maximum Gasteiger partial charge on any atom is 0.416 e. The lowest BCUT2D eigenvalue weighted by Crippen LogP contribution is -2.23. The SMILES string of the molecule is CNc1ncc2cc(-c3cc(NC(=O)c4cc(C(F)(F)F)ccc4O[C@H](C)C4CCCC4)ccc3C)ccc2n1. The number of nitrogens with zero attached hydrogens (tertiary/aromatic N) is 2. The lowest BCUT2D eigenvalue weighted by atomic mass is 9.98. The number of aromatic nitrogens is 2. The highest BCUT2D eigenvalue weighted by molar-refractivity contribution is 6.06. The van der Waals surface area contributed by atoms with E-state index < -0.39 is 17.6 Å². The Labute approximate surface area is 231 Å². The maximum atomic E-state index is 13.6. The summed E-state index contributed by atoms with van der Waals surface area (Å²) >= 11 is 0. The van der Waals surface area contributed by atoms with Crippen molar-refractivity contribution in [3.8, 4) is 16.9 Å². The largest absolute Gasteiger partial charge is 0.490 e. The van der Waals surface area contributed by atoms with E-state index in [1.54, 1.807) is 19.3 Å². The van der Waals surface area contributed by atoms with Crippen LogP contribution >= 0.6 is 0 Å². The van der Waals surface area contributed by atoms with Crippen LogP contribution in [-0.2, 0) is 6.18 Å². The van der Waals surface area contributed by atoms with Gasteiger partial charge in [0.25, 0.3) is 5.91 Å². The second kappa shape index (κ2) is 11.2. The Balaban J connectivity index is 1.44. The third kappa shape index (κ3) is 5.88. The van der Waals surface area contributed by atoms with Gasteiger partial charge in [0.05, 0.1) is 22.7 Å². The summed E-state index contributed by atoms with van der Waals surface area (Å²) in [5, 5.41) is 6.56. The van der Waals surface area contributed by atoms with E-state index in [-0.39, 0.29) is 17.4 Å². The third-order valence-electron chi connectivity index (χ3n) is 7.54. The van der Waals surface area contributed by atoms with Crippen molar-refractivity contribution in [2.24, 2.45) is 5.92 Å². The molecule has 1 heterocycles. The Morgan fingerprint density at radius 2 is 1.82 bits per heavy atom. The zero-order valence-electron chi connectivity index (χ0n) is 22.6. The second-order valence-corrected chi connectivity index (χ2v) is 10.3. The number of carbonyl (C=O) groups is 1. The Hall–Kier alpha value is -4.14. The zero-order valence-corrected chi connectivity index (χ0v) is 22.6. The number of ether oxygens (including phenoxy) is 1. The lowest BCUT2D eigenvalue weighted by Gasteiger charge is -2.23. The van der Waals surface area contributed by atoms with E-state index in [4.69, 9.17) is 4.74 Å². The van der Waals surface area contributed by atoms with Gasteiger partial charge in [0.2, 0.25) is 5.95 Å². The molecule has 1 aromatic heterocycles. The van der Waals surface area contributed by atoms with Gasteiger partial charge in [0.15, 0.2) is 0 Å². The summed E-state index contributed by atoms with van der Waals surface area (Å²) in [7, 11) is 1.75. The predicted molar refractivity (Wildman–Crippen MR) is 151 cm³/mol. The molecule has 1 atom stereocenters. The van der Waals surface area contributed by atoms with Crippen molar-refractivity contribution in [3.63, 3.8) is 0 Å². The number of halogens is 3. The van der Waals surface area contributed by atoms with Crippen LogP contribution in [0.4, 0.5) is 24.8 Å². The predicted octanol–water partition coefficient (Wildman–Crippen LogP) is 7.88. The molecule has 40 heavy (non-hydrogen) atoms. The number of alkyl halides is 3. The molecule has 6 nitrogen and oxygen atoms in total. The molecule has 0 saturated heterocycles. The van der Waals surface area contributed by atoms with Gasteiger partial charge in [-0.15, -0.1) is 0 Å². The summed E-state index contributed by atoms with van der Waals surface area (Å²) < 4.78 is 46.7. The molecule has 4 aromatic rings. The van der Waals surface area contributed by atoms with Crippen LogP contribution in [0.5, 0.6) is 5.75 Å².